The first-order valence-corrected chi connectivity index (χ1v) is 10.9. The Morgan fingerprint density at radius 3 is 2.93 bits per heavy atom. The average Bonchev–Trinajstić information content (AvgIpc) is 2.92. The van der Waals surface area contributed by atoms with E-state index < -0.39 is 9.92 Å². The highest BCUT2D eigenvalue weighted by Gasteiger charge is 2.30. The van der Waals surface area contributed by atoms with Crippen LogP contribution in [0.5, 0.6) is 0 Å². The molecule has 3 heterocycles. The third-order valence-electron chi connectivity index (χ3n) is 5.34. The summed E-state index contributed by atoms with van der Waals surface area (Å²) in [4.78, 5) is 4.59. The molecular weight excluding hydrogens is 362 g/mol. The predicted octanol–water partition coefficient (Wildman–Crippen LogP) is 3.28. The largest absolute Gasteiger partial charge is 0.363 e. The van der Waals surface area contributed by atoms with Gasteiger partial charge in [-0.05, 0) is 36.5 Å². The van der Waals surface area contributed by atoms with Gasteiger partial charge in [-0.15, -0.1) is 0 Å². The number of aryl methyl sites for hydroxylation is 1. The van der Waals surface area contributed by atoms with Crippen LogP contribution < -0.4 is 10.0 Å². The molecule has 1 aliphatic rings. The van der Waals surface area contributed by atoms with Crippen LogP contribution in [0.2, 0.25) is 0 Å². The Morgan fingerprint density at radius 2 is 2.22 bits per heavy atom. The van der Waals surface area contributed by atoms with Crippen molar-refractivity contribution in [1.82, 2.24) is 14.3 Å². The Morgan fingerprint density at radius 1 is 1.48 bits per heavy atom. The maximum Gasteiger partial charge on any atom is 0.136 e. The Hall–Kier alpha value is -1.90. The molecule has 27 heavy (non-hydrogen) atoms. The minimum Gasteiger partial charge on any atom is -0.363 e. The van der Waals surface area contributed by atoms with Crippen molar-refractivity contribution in [3.8, 4) is 0 Å². The zero-order chi connectivity index (χ0) is 19.4. The molecule has 0 fully saturated rings. The van der Waals surface area contributed by atoms with Gasteiger partial charge in [-0.3, -0.25) is 4.98 Å². The van der Waals surface area contributed by atoms with Crippen molar-refractivity contribution in [3.63, 3.8) is 0 Å². The van der Waals surface area contributed by atoms with E-state index in [0.29, 0.717) is 24.2 Å². The molecule has 0 bridgehead atoms. The fourth-order valence-corrected chi connectivity index (χ4v) is 5.24. The summed E-state index contributed by atoms with van der Waals surface area (Å²) in [6.07, 6.45) is 7.97. The zero-order valence-corrected chi connectivity index (χ0v) is 17.0. The van der Waals surface area contributed by atoms with Crippen molar-refractivity contribution in [2.75, 3.05) is 12.0 Å². The number of hydrogen-bond donors (Lipinski definition) is 3. The van der Waals surface area contributed by atoms with Gasteiger partial charge in [0.2, 0.25) is 0 Å². The number of aromatic nitrogens is 2. The molecule has 8 heteroatoms. The molecule has 0 aromatic carbocycles. The standard InChI is InChI=1S/C19H29N5O2S/c1-4-14(2)17-6-5-16-18(24(3)11-19(16)27(20,25)23-17)12-26-13-22-15-7-9-21-10-8-15/h7-11,14,17H,4-6,12-13H2,1-3H3,(H,21,22)(H2,20,23,25)/t14-,17-,27?/m0/s1. The lowest BCUT2D eigenvalue weighted by Gasteiger charge is -2.22. The van der Waals surface area contributed by atoms with E-state index in [0.717, 1.165) is 36.2 Å². The monoisotopic (exact) mass is 391 g/mol. The minimum absolute atomic E-state index is 0.0971. The van der Waals surface area contributed by atoms with Gasteiger partial charge in [0.1, 0.15) is 16.6 Å². The summed E-state index contributed by atoms with van der Waals surface area (Å²) in [5.74, 6) is 0.387. The molecule has 0 aliphatic carbocycles. The van der Waals surface area contributed by atoms with Gasteiger partial charge in [0.15, 0.2) is 0 Å². The molecule has 7 nitrogen and oxygen atoms in total. The van der Waals surface area contributed by atoms with Gasteiger partial charge in [0, 0.05) is 43.1 Å². The molecule has 0 spiro atoms. The second kappa shape index (κ2) is 8.41. The highest BCUT2D eigenvalue weighted by molar-refractivity contribution is 7.90. The van der Waals surface area contributed by atoms with Crippen LogP contribution in [-0.2, 0) is 34.7 Å². The lowest BCUT2D eigenvalue weighted by Crippen LogP contribution is -2.37. The Balaban J connectivity index is 1.71. The van der Waals surface area contributed by atoms with Crippen molar-refractivity contribution in [3.05, 3.63) is 42.0 Å². The molecule has 3 rings (SSSR count). The first-order valence-electron chi connectivity index (χ1n) is 9.37. The number of rotatable bonds is 7. The number of hydrogen-bond acceptors (Lipinski definition) is 5. The van der Waals surface area contributed by atoms with Gasteiger partial charge < -0.3 is 14.6 Å². The smallest absolute Gasteiger partial charge is 0.136 e. The Kier molecular flexibility index (Phi) is 6.18. The van der Waals surface area contributed by atoms with Crippen molar-refractivity contribution < 1.29 is 8.95 Å². The molecule has 0 amide bonds. The third-order valence-corrected chi connectivity index (χ3v) is 6.95. The number of nitrogens with zero attached hydrogens (tertiary/aromatic N) is 2. The van der Waals surface area contributed by atoms with Crippen LogP contribution in [0.15, 0.2) is 35.6 Å². The molecule has 0 radical (unpaired) electrons. The topological polar surface area (TPSA) is 92.0 Å². The maximum absolute atomic E-state index is 13.0. The second-order valence-electron chi connectivity index (χ2n) is 7.14. The summed E-state index contributed by atoms with van der Waals surface area (Å²) >= 11 is 0. The van der Waals surface area contributed by atoms with Gasteiger partial charge in [-0.1, -0.05) is 20.3 Å². The van der Waals surface area contributed by atoms with Crippen LogP contribution in [0.3, 0.4) is 0 Å². The second-order valence-corrected chi connectivity index (χ2v) is 8.93. The lowest BCUT2D eigenvalue weighted by atomic mass is 9.94. The molecule has 148 valence electrons. The quantitative estimate of drug-likeness (QED) is 0.499. The van der Waals surface area contributed by atoms with E-state index >= 15 is 0 Å². The summed E-state index contributed by atoms with van der Waals surface area (Å²) in [5, 5.41) is 3.19. The van der Waals surface area contributed by atoms with Gasteiger partial charge >= 0.3 is 0 Å². The molecule has 2 aromatic heterocycles. The molecular formula is C19H29N5O2S. The number of ether oxygens (including phenoxy) is 1. The fourth-order valence-electron chi connectivity index (χ4n) is 3.46. The summed E-state index contributed by atoms with van der Waals surface area (Å²) in [7, 11) is -1.09. The number of fused-ring (bicyclic) bond motifs is 1. The van der Waals surface area contributed by atoms with E-state index in [9.17, 15) is 4.21 Å². The SMILES string of the molecule is CC[C@H](C)[C@@H]1CCc2c(cn(C)c2COCNc2ccncc2)S(=N)(=O)N1. The summed E-state index contributed by atoms with van der Waals surface area (Å²) < 4.78 is 32.3. The van der Waals surface area contributed by atoms with Gasteiger partial charge in [0.25, 0.3) is 0 Å². The van der Waals surface area contributed by atoms with Crippen LogP contribution in [0.4, 0.5) is 5.69 Å². The molecule has 3 atom stereocenters. The van der Waals surface area contributed by atoms with Gasteiger partial charge in [-0.2, -0.15) is 0 Å². The number of anilines is 1. The number of nitrogens with one attached hydrogen (secondary N) is 3. The summed E-state index contributed by atoms with van der Waals surface area (Å²) in [5.41, 5.74) is 2.94. The first-order chi connectivity index (χ1) is 12.9. The van der Waals surface area contributed by atoms with Gasteiger partial charge in [0.05, 0.1) is 11.5 Å². The zero-order valence-electron chi connectivity index (χ0n) is 16.2. The van der Waals surface area contributed by atoms with E-state index in [1.54, 1.807) is 12.4 Å². The van der Waals surface area contributed by atoms with E-state index in [1.807, 2.05) is 29.9 Å². The third kappa shape index (κ3) is 4.51. The van der Waals surface area contributed by atoms with Crippen molar-refractivity contribution >= 4 is 15.6 Å². The Bertz CT molecular complexity index is 864. The fraction of sp³-hybridized carbons (Fsp3) is 0.526. The number of pyridine rings is 1. The van der Waals surface area contributed by atoms with Crippen molar-refractivity contribution in [1.29, 1.82) is 4.78 Å². The van der Waals surface area contributed by atoms with Crippen LogP contribution in [-0.4, -0.2) is 26.5 Å². The Labute approximate surface area is 161 Å². The van der Waals surface area contributed by atoms with Crippen LogP contribution in [0.1, 0.15) is 37.9 Å². The minimum atomic E-state index is -3.01. The molecule has 0 saturated carbocycles. The van der Waals surface area contributed by atoms with E-state index in [2.05, 4.69) is 28.9 Å². The van der Waals surface area contributed by atoms with E-state index in [1.165, 1.54) is 0 Å². The van der Waals surface area contributed by atoms with Gasteiger partial charge in [-0.25, -0.2) is 13.7 Å². The van der Waals surface area contributed by atoms with Crippen LogP contribution in [0, 0.1) is 10.7 Å². The summed E-state index contributed by atoms with van der Waals surface area (Å²) in [6.45, 7) is 5.06. The lowest BCUT2D eigenvalue weighted by molar-refractivity contribution is 0.133. The maximum atomic E-state index is 13.0. The molecule has 1 unspecified atom stereocenters. The molecule has 3 N–H and O–H groups in total. The van der Waals surface area contributed by atoms with Crippen LogP contribution >= 0.6 is 0 Å². The van der Waals surface area contributed by atoms with E-state index in [-0.39, 0.29) is 6.04 Å². The van der Waals surface area contributed by atoms with Crippen molar-refractivity contribution in [2.45, 2.75) is 50.7 Å². The van der Waals surface area contributed by atoms with Crippen LogP contribution in [0.25, 0.3) is 0 Å². The molecule has 0 saturated heterocycles. The van der Waals surface area contributed by atoms with E-state index in [4.69, 9.17) is 9.52 Å². The normalized spacial score (nSPS) is 23.4. The predicted molar refractivity (Wildman–Crippen MR) is 107 cm³/mol. The van der Waals surface area contributed by atoms with Crippen molar-refractivity contribution in [2.24, 2.45) is 13.0 Å². The summed E-state index contributed by atoms with van der Waals surface area (Å²) in [6, 6.07) is 3.86. The average molecular weight is 392 g/mol. The molecule has 2 aromatic rings. The molecule has 1 aliphatic heterocycles. The highest BCUT2D eigenvalue weighted by atomic mass is 32.2. The first kappa shape index (κ1) is 19.9. The highest BCUT2D eigenvalue weighted by Crippen LogP contribution is 2.30.